The van der Waals surface area contributed by atoms with Crippen molar-refractivity contribution in [3.63, 3.8) is 0 Å². The van der Waals surface area contributed by atoms with Crippen molar-refractivity contribution in [2.24, 2.45) is 0 Å². The van der Waals surface area contributed by atoms with Crippen LogP contribution >= 0.6 is 7.82 Å². The number of nitrogens with one attached hydrogen (secondary N) is 1. The average Bonchev–Trinajstić information content (AvgIpc) is 3.51. The second-order valence-corrected chi connectivity index (χ2v) is 26.5. The molecule has 1 amide bonds. The van der Waals surface area contributed by atoms with Crippen LogP contribution in [0.3, 0.4) is 0 Å². The molecule has 0 saturated carbocycles. The molecular formula is C73H136N2O7P+. The van der Waals surface area contributed by atoms with Crippen LogP contribution in [0.15, 0.2) is 72.9 Å². The summed E-state index contributed by atoms with van der Waals surface area (Å²) in [5, 5.41) is 3.07. The molecule has 3 atom stereocenters. The summed E-state index contributed by atoms with van der Waals surface area (Å²) in [4.78, 5) is 37.9. The van der Waals surface area contributed by atoms with Gasteiger partial charge in [0.1, 0.15) is 19.3 Å². The quantitative estimate of drug-likeness (QED) is 0.0205. The molecule has 0 radical (unpaired) electrons. The molecule has 0 aliphatic rings. The summed E-state index contributed by atoms with van der Waals surface area (Å²) in [6.45, 7) is 6.98. The van der Waals surface area contributed by atoms with Crippen LogP contribution in [0.5, 0.6) is 0 Å². The number of carbonyl (C=O) groups excluding carboxylic acids is 2. The fourth-order valence-corrected chi connectivity index (χ4v) is 10.9. The van der Waals surface area contributed by atoms with E-state index in [4.69, 9.17) is 13.8 Å². The lowest BCUT2D eigenvalue weighted by Gasteiger charge is -2.27. The summed E-state index contributed by atoms with van der Waals surface area (Å²) >= 11 is 0. The van der Waals surface area contributed by atoms with Crippen LogP contribution in [0.1, 0.15) is 329 Å². The number of phosphoric ester groups is 1. The van der Waals surface area contributed by atoms with E-state index in [1.165, 1.54) is 218 Å². The summed E-state index contributed by atoms with van der Waals surface area (Å²) in [5.74, 6) is -0.502. The van der Waals surface area contributed by atoms with Crippen LogP contribution in [0.4, 0.5) is 0 Å². The third-order valence-corrected chi connectivity index (χ3v) is 16.6. The van der Waals surface area contributed by atoms with Gasteiger partial charge in [0.25, 0.3) is 0 Å². The fraction of sp³-hybridized carbons (Fsp3) is 0.808. The highest BCUT2D eigenvalue weighted by Crippen LogP contribution is 2.43. The van der Waals surface area contributed by atoms with Crippen molar-refractivity contribution in [3.05, 3.63) is 72.9 Å². The fourth-order valence-electron chi connectivity index (χ4n) is 10.2. The van der Waals surface area contributed by atoms with Gasteiger partial charge in [-0.15, -0.1) is 0 Å². The van der Waals surface area contributed by atoms with E-state index >= 15 is 0 Å². The van der Waals surface area contributed by atoms with E-state index in [1.807, 2.05) is 33.3 Å². The van der Waals surface area contributed by atoms with Gasteiger partial charge < -0.3 is 19.4 Å². The predicted molar refractivity (Wildman–Crippen MR) is 360 cm³/mol. The smallest absolute Gasteiger partial charge is 0.456 e. The Morgan fingerprint density at radius 1 is 0.422 bits per heavy atom. The Labute approximate surface area is 514 Å². The third kappa shape index (κ3) is 63.8. The number of hydrogen-bond acceptors (Lipinski definition) is 6. The Bertz CT molecular complexity index is 1650. The first-order chi connectivity index (χ1) is 40.4. The largest absolute Gasteiger partial charge is 0.472 e. The number of esters is 1. The van der Waals surface area contributed by atoms with Crippen LogP contribution < -0.4 is 5.32 Å². The maximum absolute atomic E-state index is 13.6. The van der Waals surface area contributed by atoms with Gasteiger partial charge in [-0.2, -0.15) is 0 Å². The molecule has 0 aromatic rings. The molecule has 3 unspecified atom stereocenters. The number of carbonyl (C=O) groups is 2. The van der Waals surface area contributed by atoms with Crippen LogP contribution in [0, 0.1) is 0 Å². The maximum Gasteiger partial charge on any atom is 0.472 e. The van der Waals surface area contributed by atoms with E-state index in [2.05, 4.69) is 86.8 Å². The lowest BCUT2D eigenvalue weighted by atomic mass is 10.0. The lowest BCUT2D eigenvalue weighted by molar-refractivity contribution is -0.870. The number of unbranched alkanes of at least 4 members (excludes halogenated alkanes) is 38. The molecule has 0 saturated heterocycles. The lowest BCUT2D eigenvalue weighted by Crippen LogP contribution is -2.47. The molecule has 9 nitrogen and oxygen atoms in total. The van der Waals surface area contributed by atoms with E-state index in [-0.39, 0.29) is 31.5 Å². The van der Waals surface area contributed by atoms with Crippen molar-refractivity contribution in [1.82, 2.24) is 5.32 Å². The van der Waals surface area contributed by atoms with E-state index in [0.717, 1.165) is 77.0 Å². The van der Waals surface area contributed by atoms with Crippen LogP contribution in [-0.2, 0) is 27.9 Å². The predicted octanol–water partition coefficient (Wildman–Crippen LogP) is 22.3. The average molecular weight is 1180 g/mol. The first-order valence-corrected chi connectivity index (χ1v) is 36.8. The van der Waals surface area contributed by atoms with Crippen molar-refractivity contribution in [2.45, 2.75) is 341 Å². The molecule has 0 aliphatic carbocycles. The van der Waals surface area contributed by atoms with Gasteiger partial charge in [0, 0.05) is 12.8 Å². The van der Waals surface area contributed by atoms with Crippen molar-refractivity contribution >= 4 is 19.7 Å². The van der Waals surface area contributed by atoms with E-state index in [9.17, 15) is 19.0 Å². The second kappa shape index (κ2) is 62.5. The van der Waals surface area contributed by atoms with E-state index in [1.54, 1.807) is 0 Å². The molecule has 0 aliphatic heterocycles. The highest BCUT2D eigenvalue weighted by atomic mass is 31.2. The minimum absolute atomic E-state index is 0.0382. The molecule has 0 spiro atoms. The molecule has 0 rings (SSSR count). The summed E-state index contributed by atoms with van der Waals surface area (Å²) in [6.07, 6.45) is 81.9. The minimum Gasteiger partial charge on any atom is -0.456 e. The Kier molecular flexibility index (Phi) is 60.6. The number of phosphoric acid groups is 1. The molecule has 484 valence electrons. The topological polar surface area (TPSA) is 111 Å². The van der Waals surface area contributed by atoms with Gasteiger partial charge in [-0.3, -0.25) is 18.6 Å². The van der Waals surface area contributed by atoms with Gasteiger partial charge in [0.15, 0.2) is 0 Å². The number of allylic oxidation sites excluding steroid dienone is 11. The minimum atomic E-state index is -4.46. The number of nitrogens with zero attached hydrogens (tertiary/aromatic N) is 1. The Morgan fingerprint density at radius 3 is 1.12 bits per heavy atom. The van der Waals surface area contributed by atoms with Gasteiger partial charge in [-0.05, 0) is 102 Å². The standard InChI is InChI=1S/C73H135N2O7P/c1-7-10-13-16-19-22-25-27-29-31-33-35-37-39-41-43-45-47-50-53-56-59-62-65-72(76)74-70(69-81-83(78,79)80-68-67-75(4,5)6)71(64-61-58-55-52-49-24-21-18-15-12-9-3)82-73(77)66-63-60-57-54-51-48-46-44-42-40-38-36-34-32-30-28-26-23-20-17-14-11-8-2/h19-20,22-23,27-30,33,35,61,64,70-71H,7-18,21,24-26,31-32,34,36-60,62-63,65-69H2,1-6H3,(H-,74,76,78,79)/p+1/b22-19-,23-20-,29-27-,30-28-,35-33-,64-61+. The Hall–Kier alpha value is -2.55. The van der Waals surface area contributed by atoms with Crippen molar-refractivity contribution in [3.8, 4) is 0 Å². The van der Waals surface area contributed by atoms with E-state index < -0.39 is 20.0 Å². The first kappa shape index (κ1) is 80.5. The second-order valence-electron chi connectivity index (χ2n) is 25.0. The molecule has 2 N–H and O–H groups in total. The molecular weight excluding hydrogens is 1050 g/mol. The highest BCUT2D eigenvalue weighted by Gasteiger charge is 2.30. The summed E-state index contributed by atoms with van der Waals surface area (Å²) in [5.41, 5.74) is 0. The molecule has 0 aromatic heterocycles. The van der Waals surface area contributed by atoms with Crippen LogP contribution in [0.25, 0.3) is 0 Å². The SMILES string of the molecule is CCCCC/C=C\C/C=C\C/C=C\CCCCCCCCCCCCC(=O)NC(COP(=O)(O)OCC[N+](C)(C)C)C(/C=C/CCCCCCCCCCC)OC(=O)CCCCCCCCCCCCCCC/C=C\C/C=C\CCCCC. The van der Waals surface area contributed by atoms with Crippen LogP contribution in [0.2, 0.25) is 0 Å². The number of rotatable bonds is 64. The zero-order chi connectivity index (χ0) is 60.7. The third-order valence-electron chi connectivity index (χ3n) is 15.6. The Balaban J connectivity index is 5.04. The van der Waals surface area contributed by atoms with Gasteiger partial charge >= 0.3 is 13.8 Å². The number of quaternary nitrogens is 1. The number of amides is 1. The summed E-state index contributed by atoms with van der Waals surface area (Å²) < 4.78 is 30.8. The molecule has 0 fully saturated rings. The number of hydrogen-bond donors (Lipinski definition) is 2. The zero-order valence-corrected chi connectivity index (χ0v) is 56.3. The first-order valence-electron chi connectivity index (χ1n) is 35.3. The molecule has 0 heterocycles. The summed E-state index contributed by atoms with van der Waals surface area (Å²) in [6, 6.07) is -0.853. The number of ether oxygens (including phenoxy) is 1. The zero-order valence-electron chi connectivity index (χ0n) is 55.4. The van der Waals surface area contributed by atoms with Crippen molar-refractivity contribution in [2.75, 3.05) is 40.9 Å². The molecule has 83 heavy (non-hydrogen) atoms. The Morgan fingerprint density at radius 2 is 0.735 bits per heavy atom. The van der Waals surface area contributed by atoms with E-state index in [0.29, 0.717) is 17.4 Å². The summed E-state index contributed by atoms with van der Waals surface area (Å²) in [7, 11) is 1.50. The van der Waals surface area contributed by atoms with Gasteiger partial charge in [0.05, 0.1) is 33.8 Å². The molecule has 10 heteroatoms. The van der Waals surface area contributed by atoms with Crippen molar-refractivity contribution < 1.29 is 37.3 Å². The van der Waals surface area contributed by atoms with Gasteiger partial charge in [-0.25, -0.2) is 4.57 Å². The van der Waals surface area contributed by atoms with Crippen molar-refractivity contribution in [1.29, 1.82) is 0 Å². The van der Waals surface area contributed by atoms with Crippen LogP contribution in [-0.4, -0.2) is 74.3 Å². The molecule has 0 aromatic carbocycles. The van der Waals surface area contributed by atoms with Gasteiger partial charge in [0.2, 0.25) is 5.91 Å². The molecule has 0 bridgehead atoms. The normalized spacial score (nSPS) is 14.0. The highest BCUT2D eigenvalue weighted by molar-refractivity contribution is 7.47. The van der Waals surface area contributed by atoms with Gasteiger partial charge in [-0.1, -0.05) is 287 Å². The monoisotopic (exact) mass is 1180 g/mol. The number of likely N-dealkylation sites (N-methyl/N-ethyl adjacent to an activating group) is 1. The maximum atomic E-state index is 13.6.